The summed E-state index contributed by atoms with van der Waals surface area (Å²) >= 11 is 12.0. The van der Waals surface area contributed by atoms with E-state index >= 15 is 0 Å². The number of anilines is 1. The van der Waals surface area contributed by atoms with Gasteiger partial charge in [0.2, 0.25) is 0 Å². The highest BCUT2D eigenvalue weighted by atomic mass is 35.5. The van der Waals surface area contributed by atoms with Crippen LogP contribution in [0.1, 0.15) is 5.69 Å². The number of hydrogen-bond acceptors (Lipinski definition) is 3. The molecule has 3 aromatic rings. The van der Waals surface area contributed by atoms with E-state index in [9.17, 15) is 0 Å². The van der Waals surface area contributed by atoms with Gasteiger partial charge in [0.15, 0.2) is 0 Å². The average Bonchev–Trinajstić information content (AvgIpc) is 2.96. The largest absolute Gasteiger partial charge is 0.378 e. The maximum atomic E-state index is 6.14. The molecular weight excluding hydrogens is 307 g/mol. The number of hydrogen-bond donors (Lipinski definition) is 2. The van der Waals surface area contributed by atoms with Gasteiger partial charge in [-0.1, -0.05) is 53.5 Å². The zero-order chi connectivity index (χ0) is 14.7. The van der Waals surface area contributed by atoms with Crippen LogP contribution in [-0.4, -0.2) is 15.4 Å². The van der Waals surface area contributed by atoms with Crippen LogP contribution >= 0.6 is 23.2 Å². The van der Waals surface area contributed by atoms with E-state index in [1.807, 2.05) is 36.4 Å². The van der Waals surface area contributed by atoms with E-state index in [4.69, 9.17) is 23.2 Å². The van der Waals surface area contributed by atoms with Crippen LogP contribution in [0, 0.1) is 0 Å². The zero-order valence-electron chi connectivity index (χ0n) is 11.0. The lowest BCUT2D eigenvalue weighted by atomic mass is 10.1. The highest BCUT2D eigenvalue weighted by Gasteiger charge is 2.10. The van der Waals surface area contributed by atoms with Gasteiger partial charge in [-0.05, 0) is 18.2 Å². The number of aromatic amines is 1. The molecule has 0 radical (unpaired) electrons. The van der Waals surface area contributed by atoms with Gasteiger partial charge in [-0.15, -0.1) is 0 Å². The molecule has 0 aliphatic heterocycles. The van der Waals surface area contributed by atoms with Crippen LogP contribution in [0.5, 0.6) is 0 Å². The van der Waals surface area contributed by atoms with E-state index in [1.54, 1.807) is 12.1 Å². The van der Waals surface area contributed by atoms with E-state index in [0.717, 1.165) is 22.6 Å². The smallest absolute Gasteiger partial charge is 0.117 e. The maximum Gasteiger partial charge on any atom is 0.117 e. The molecule has 2 aromatic carbocycles. The molecule has 0 saturated carbocycles. The van der Waals surface area contributed by atoms with Crippen molar-refractivity contribution in [2.75, 3.05) is 5.32 Å². The van der Waals surface area contributed by atoms with E-state index in [-0.39, 0.29) is 0 Å². The fraction of sp³-hybridized carbons (Fsp3) is 0.0667. The first-order chi connectivity index (χ1) is 10.2. The Morgan fingerprint density at radius 2 is 1.81 bits per heavy atom. The summed E-state index contributed by atoms with van der Waals surface area (Å²) in [7, 11) is 0. The highest BCUT2D eigenvalue weighted by molar-refractivity contribution is 6.36. The molecule has 0 unspecified atom stereocenters. The average molecular weight is 319 g/mol. The predicted molar refractivity (Wildman–Crippen MR) is 85.6 cm³/mol. The SMILES string of the molecule is Clc1ccc(NCc2n[nH]nc2-c2ccccc2)c(Cl)c1. The summed E-state index contributed by atoms with van der Waals surface area (Å²) in [5.74, 6) is 0. The topological polar surface area (TPSA) is 53.6 Å². The summed E-state index contributed by atoms with van der Waals surface area (Å²) in [6.45, 7) is 0.516. The Balaban J connectivity index is 1.79. The van der Waals surface area contributed by atoms with Crippen molar-refractivity contribution in [1.82, 2.24) is 15.4 Å². The van der Waals surface area contributed by atoms with Gasteiger partial charge in [0.05, 0.1) is 17.3 Å². The zero-order valence-corrected chi connectivity index (χ0v) is 12.5. The second kappa shape index (κ2) is 6.16. The Bertz CT molecular complexity index is 740. The molecular formula is C15H12Cl2N4. The summed E-state index contributed by atoms with van der Waals surface area (Å²) in [6, 6.07) is 15.2. The van der Waals surface area contributed by atoms with E-state index in [0.29, 0.717) is 16.6 Å². The Kier molecular flexibility index (Phi) is 4.08. The van der Waals surface area contributed by atoms with Gasteiger partial charge < -0.3 is 5.32 Å². The molecule has 0 fully saturated rings. The van der Waals surface area contributed by atoms with Gasteiger partial charge in [0.1, 0.15) is 11.4 Å². The first kappa shape index (κ1) is 13.9. The van der Waals surface area contributed by atoms with Crippen molar-refractivity contribution in [1.29, 1.82) is 0 Å². The van der Waals surface area contributed by atoms with Crippen molar-refractivity contribution in [3.63, 3.8) is 0 Å². The van der Waals surface area contributed by atoms with Crippen molar-refractivity contribution in [2.45, 2.75) is 6.54 Å². The van der Waals surface area contributed by atoms with Gasteiger partial charge in [-0.3, -0.25) is 0 Å². The molecule has 6 heteroatoms. The molecule has 0 atom stereocenters. The minimum absolute atomic E-state index is 0.516. The monoisotopic (exact) mass is 318 g/mol. The molecule has 21 heavy (non-hydrogen) atoms. The summed E-state index contributed by atoms with van der Waals surface area (Å²) in [5.41, 5.74) is 3.48. The molecule has 2 N–H and O–H groups in total. The first-order valence-corrected chi connectivity index (χ1v) is 7.13. The number of aromatic nitrogens is 3. The minimum Gasteiger partial charge on any atom is -0.378 e. The Labute approximate surface area is 132 Å². The molecule has 0 aliphatic rings. The number of rotatable bonds is 4. The molecule has 0 bridgehead atoms. The Morgan fingerprint density at radius 1 is 1.00 bits per heavy atom. The molecule has 1 heterocycles. The van der Waals surface area contributed by atoms with Crippen LogP contribution in [-0.2, 0) is 6.54 Å². The number of nitrogens with one attached hydrogen (secondary N) is 2. The Morgan fingerprint density at radius 3 is 2.57 bits per heavy atom. The first-order valence-electron chi connectivity index (χ1n) is 6.38. The lowest BCUT2D eigenvalue weighted by Gasteiger charge is -2.08. The molecule has 106 valence electrons. The summed E-state index contributed by atoms with van der Waals surface area (Å²) in [5, 5.41) is 15.5. The van der Waals surface area contributed by atoms with Gasteiger partial charge in [-0.2, -0.15) is 15.4 Å². The lowest BCUT2D eigenvalue weighted by Crippen LogP contribution is -2.02. The number of nitrogens with zero attached hydrogens (tertiary/aromatic N) is 2. The number of halogens is 2. The second-order valence-electron chi connectivity index (χ2n) is 4.46. The van der Waals surface area contributed by atoms with Crippen LogP contribution in [0.2, 0.25) is 10.0 Å². The molecule has 0 spiro atoms. The van der Waals surface area contributed by atoms with Gasteiger partial charge in [0.25, 0.3) is 0 Å². The van der Waals surface area contributed by atoms with Gasteiger partial charge in [0, 0.05) is 10.6 Å². The fourth-order valence-corrected chi connectivity index (χ4v) is 2.49. The number of H-pyrrole nitrogens is 1. The second-order valence-corrected chi connectivity index (χ2v) is 5.31. The summed E-state index contributed by atoms with van der Waals surface area (Å²) in [4.78, 5) is 0. The Hall–Kier alpha value is -2.04. The molecule has 0 amide bonds. The van der Waals surface area contributed by atoms with Crippen LogP contribution in [0.25, 0.3) is 11.3 Å². The lowest BCUT2D eigenvalue weighted by molar-refractivity contribution is 0.911. The molecule has 3 rings (SSSR count). The molecule has 1 aromatic heterocycles. The van der Waals surface area contributed by atoms with Crippen LogP contribution < -0.4 is 5.32 Å². The molecule has 4 nitrogen and oxygen atoms in total. The van der Waals surface area contributed by atoms with Crippen LogP contribution in [0.3, 0.4) is 0 Å². The third kappa shape index (κ3) is 3.17. The predicted octanol–water partition coefficient (Wildman–Crippen LogP) is 4.39. The fourth-order valence-electron chi connectivity index (χ4n) is 2.02. The molecule has 0 aliphatic carbocycles. The third-order valence-corrected chi connectivity index (χ3v) is 3.59. The van der Waals surface area contributed by atoms with Crippen molar-refractivity contribution in [2.24, 2.45) is 0 Å². The van der Waals surface area contributed by atoms with Crippen molar-refractivity contribution in [3.05, 3.63) is 64.3 Å². The maximum absolute atomic E-state index is 6.14. The van der Waals surface area contributed by atoms with Crippen molar-refractivity contribution in [3.8, 4) is 11.3 Å². The van der Waals surface area contributed by atoms with Crippen LogP contribution in [0.4, 0.5) is 5.69 Å². The standard InChI is InChI=1S/C15H12Cl2N4/c16-11-6-7-13(12(17)8-11)18-9-14-15(20-21-19-14)10-4-2-1-3-5-10/h1-8,18H,9H2,(H,19,20,21). The summed E-state index contributed by atoms with van der Waals surface area (Å²) in [6.07, 6.45) is 0. The highest BCUT2D eigenvalue weighted by Crippen LogP contribution is 2.26. The molecule has 0 saturated heterocycles. The van der Waals surface area contributed by atoms with Crippen LogP contribution in [0.15, 0.2) is 48.5 Å². The van der Waals surface area contributed by atoms with E-state index < -0.39 is 0 Å². The van der Waals surface area contributed by atoms with Gasteiger partial charge in [-0.25, -0.2) is 0 Å². The number of benzene rings is 2. The van der Waals surface area contributed by atoms with Crippen molar-refractivity contribution >= 4 is 28.9 Å². The normalized spacial score (nSPS) is 10.6. The minimum atomic E-state index is 0.516. The van der Waals surface area contributed by atoms with E-state index in [1.165, 1.54) is 0 Å². The van der Waals surface area contributed by atoms with E-state index in [2.05, 4.69) is 20.7 Å². The quantitative estimate of drug-likeness (QED) is 0.750. The van der Waals surface area contributed by atoms with Crippen molar-refractivity contribution < 1.29 is 0 Å². The third-order valence-electron chi connectivity index (χ3n) is 3.04. The summed E-state index contributed by atoms with van der Waals surface area (Å²) < 4.78 is 0. The van der Waals surface area contributed by atoms with Gasteiger partial charge >= 0.3 is 0 Å².